The maximum absolute atomic E-state index is 10.4. The Morgan fingerprint density at radius 3 is 2.70 bits per heavy atom. The fourth-order valence-electron chi connectivity index (χ4n) is 2.63. The molecule has 0 aromatic heterocycles. The molecule has 2 aromatic carbocycles. The van der Waals surface area contributed by atoms with Gasteiger partial charge in [-0.3, -0.25) is 0 Å². The van der Waals surface area contributed by atoms with Gasteiger partial charge in [-0.2, -0.15) is 0 Å². The topological polar surface area (TPSA) is 29.5 Å². The van der Waals surface area contributed by atoms with Crippen molar-refractivity contribution in [2.45, 2.75) is 18.9 Å². The molecule has 0 radical (unpaired) electrons. The summed E-state index contributed by atoms with van der Waals surface area (Å²) in [7, 11) is 0. The van der Waals surface area contributed by atoms with Gasteiger partial charge in [0.15, 0.2) is 0 Å². The Morgan fingerprint density at radius 2 is 1.90 bits per heavy atom. The smallest absolute Gasteiger partial charge is 0.122 e. The molecule has 3 rings (SSSR count). The zero-order chi connectivity index (χ0) is 13.9. The van der Waals surface area contributed by atoms with Crippen molar-refractivity contribution in [2.24, 2.45) is 5.92 Å². The molecular weight excluding hydrogens is 363 g/mol. The standard InChI is InChI=1S/C17H17IO2/c18-15-7-5-12(6-8-15)9-16(19)14-10-13-3-1-2-4-17(13)20-11-14/h1-8,14,16,19H,9-11H2. The highest BCUT2D eigenvalue weighted by molar-refractivity contribution is 14.1. The van der Waals surface area contributed by atoms with Crippen LogP contribution in [0.4, 0.5) is 0 Å². The van der Waals surface area contributed by atoms with Gasteiger partial charge in [0.05, 0.1) is 12.7 Å². The fraction of sp³-hybridized carbons (Fsp3) is 0.294. The number of rotatable bonds is 3. The molecule has 1 aliphatic rings. The Hall–Kier alpha value is -1.07. The molecule has 0 spiro atoms. The third-order valence-electron chi connectivity index (χ3n) is 3.81. The van der Waals surface area contributed by atoms with E-state index in [-0.39, 0.29) is 12.0 Å². The van der Waals surface area contributed by atoms with Gasteiger partial charge >= 0.3 is 0 Å². The summed E-state index contributed by atoms with van der Waals surface area (Å²) in [6.45, 7) is 0.600. The van der Waals surface area contributed by atoms with E-state index in [1.54, 1.807) is 0 Å². The number of hydrogen-bond donors (Lipinski definition) is 1. The summed E-state index contributed by atoms with van der Waals surface area (Å²) in [5, 5.41) is 10.4. The summed E-state index contributed by atoms with van der Waals surface area (Å²) in [5.41, 5.74) is 2.38. The second-order valence-electron chi connectivity index (χ2n) is 5.28. The summed E-state index contributed by atoms with van der Waals surface area (Å²) in [6, 6.07) is 16.4. The van der Waals surface area contributed by atoms with Crippen LogP contribution in [0.2, 0.25) is 0 Å². The molecular formula is C17H17IO2. The summed E-state index contributed by atoms with van der Waals surface area (Å²) in [4.78, 5) is 0. The molecule has 1 heterocycles. The lowest BCUT2D eigenvalue weighted by molar-refractivity contribution is 0.0652. The molecule has 0 amide bonds. The highest BCUT2D eigenvalue weighted by Crippen LogP contribution is 2.29. The van der Waals surface area contributed by atoms with Gasteiger partial charge in [0, 0.05) is 9.49 Å². The van der Waals surface area contributed by atoms with Crippen molar-refractivity contribution in [3.8, 4) is 5.75 Å². The molecule has 2 unspecified atom stereocenters. The predicted molar refractivity (Wildman–Crippen MR) is 88.0 cm³/mol. The van der Waals surface area contributed by atoms with Crippen LogP contribution >= 0.6 is 22.6 Å². The van der Waals surface area contributed by atoms with Crippen LogP contribution in [0, 0.1) is 9.49 Å². The third kappa shape index (κ3) is 3.15. The number of fused-ring (bicyclic) bond motifs is 1. The molecule has 3 heteroatoms. The van der Waals surface area contributed by atoms with Crippen molar-refractivity contribution >= 4 is 22.6 Å². The number of hydrogen-bond acceptors (Lipinski definition) is 2. The Kier molecular flexibility index (Phi) is 4.27. The summed E-state index contributed by atoms with van der Waals surface area (Å²) in [6.07, 6.45) is 1.22. The van der Waals surface area contributed by atoms with E-state index < -0.39 is 0 Å². The largest absolute Gasteiger partial charge is 0.493 e. The van der Waals surface area contributed by atoms with Gasteiger partial charge in [-0.1, -0.05) is 30.3 Å². The predicted octanol–water partition coefficient (Wildman–Crippen LogP) is 3.45. The van der Waals surface area contributed by atoms with E-state index in [4.69, 9.17) is 4.74 Å². The van der Waals surface area contributed by atoms with E-state index in [2.05, 4.69) is 52.9 Å². The Bertz CT molecular complexity index is 580. The lowest BCUT2D eigenvalue weighted by Crippen LogP contribution is -2.33. The zero-order valence-corrected chi connectivity index (χ0v) is 13.3. The number of aliphatic hydroxyl groups is 1. The normalized spacial score (nSPS) is 19.0. The Labute approximate surface area is 132 Å². The van der Waals surface area contributed by atoms with Crippen molar-refractivity contribution in [3.63, 3.8) is 0 Å². The average Bonchev–Trinajstić information content (AvgIpc) is 2.49. The van der Waals surface area contributed by atoms with Gasteiger partial charge in [0.2, 0.25) is 0 Å². The first kappa shape index (κ1) is 13.9. The Balaban J connectivity index is 1.67. The van der Waals surface area contributed by atoms with E-state index >= 15 is 0 Å². The SMILES string of the molecule is OC(Cc1ccc(I)cc1)C1COc2ccccc2C1. The van der Waals surface area contributed by atoms with E-state index in [0.29, 0.717) is 13.0 Å². The second kappa shape index (κ2) is 6.14. The monoisotopic (exact) mass is 380 g/mol. The van der Waals surface area contributed by atoms with E-state index in [0.717, 1.165) is 12.2 Å². The van der Waals surface area contributed by atoms with Crippen LogP contribution in [0.3, 0.4) is 0 Å². The lowest BCUT2D eigenvalue weighted by Gasteiger charge is -2.28. The maximum atomic E-state index is 10.4. The van der Waals surface area contributed by atoms with Crippen LogP contribution in [-0.4, -0.2) is 17.8 Å². The fourth-order valence-corrected chi connectivity index (χ4v) is 2.99. The molecule has 104 valence electrons. The first-order valence-electron chi connectivity index (χ1n) is 6.85. The summed E-state index contributed by atoms with van der Waals surface area (Å²) >= 11 is 2.29. The van der Waals surface area contributed by atoms with Gasteiger partial charge in [0.25, 0.3) is 0 Å². The number of para-hydroxylation sites is 1. The van der Waals surface area contributed by atoms with E-state index in [9.17, 15) is 5.11 Å². The minimum atomic E-state index is -0.358. The number of ether oxygens (including phenoxy) is 1. The molecule has 20 heavy (non-hydrogen) atoms. The molecule has 0 saturated carbocycles. The highest BCUT2D eigenvalue weighted by atomic mass is 127. The van der Waals surface area contributed by atoms with Gasteiger partial charge in [-0.25, -0.2) is 0 Å². The lowest BCUT2D eigenvalue weighted by atomic mass is 9.89. The zero-order valence-electron chi connectivity index (χ0n) is 11.1. The molecule has 0 saturated heterocycles. The van der Waals surface area contributed by atoms with Crippen molar-refractivity contribution in [2.75, 3.05) is 6.61 Å². The first-order chi connectivity index (χ1) is 9.72. The molecule has 0 bridgehead atoms. The van der Waals surface area contributed by atoms with Crippen molar-refractivity contribution in [1.82, 2.24) is 0 Å². The number of halogens is 1. The minimum Gasteiger partial charge on any atom is -0.493 e. The van der Waals surface area contributed by atoms with Crippen LogP contribution in [0.1, 0.15) is 11.1 Å². The highest BCUT2D eigenvalue weighted by Gasteiger charge is 2.26. The first-order valence-corrected chi connectivity index (χ1v) is 7.93. The van der Waals surface area contributed by atoms with Crippen molar-refractivity contribution in [1.29, 1.82) is 0 Å². The molecule has 2 nitrogen and oxygen atoms in total. The summed E-state index contributed by atoms with van der Waals surface area (Å²) < 4.78 is 6.97. The van der Waals surface area contributed by atoms with Gasteiger partial charge in [0.1, 0.15) is 5.75 Å². The van der Waals surface area contributed by atoms with Crippen molar-refractivity contribution < 1.29 is 9.84 Å². The van der Waals surface area contributed by atoms with Gasteiger partial charge in [-0.05, 0) is 64.8 Å². The second-order valence-corrected chi connectivity index (χ2v) is 6.53. The van der Waals surface area contributed by atoms with E-state index in [1.165, 1.54) is 14.7 Å². The molecule has 2 atom stereocenters. The molecule has 1 aliphatic heterocycles. The van der Waals surface area contributed by atoms with Gasteiger partial charge in [-0.15, -0.1) is 0 Å². The van der Waals surface area contributed by atoms with Crippen LogP contribution in [-0.2, 0) is 12.8 Å². The van der Waals surface area contributed by atoms with Crippen molar-refractivity contribution in [3.05, 3.63) is 63.2 Å². The van der Waals surface area contributed by atoms with E-state index in [1.807, 2.05) is 18.2 Å². The van der Waals surface area contributed by atoms with Gasteiger partial charge < -0.3 is 9.84 Å². The van der Waals surface area contributed by atoms with Crippen LogP contribution in [0.5, 0.6) is 5.75 Å². The molecule has 0 aliphatic carbocycles. The molecule has 2 aromatic rings. The average molecular weight is 380 g/mol. The van der Waals surface area contributed by atoms with Crippen LogP contribution in [0.15, 0.2) is 48.5 Å². The number of aliphatic hydroxyl groups excluding tert-OH is 1. The number of benzene rings is 2. The summed E-state index contributed by atoms with van der Waals surface area (Å²) in [5.74, 6) is 1.13. The Morgan fingerprint density at radius 1 is 1.15 bits per heavy atom. The molecule has 0 fully saturated rings. The quantitative estimate of drug-likeness (QED) is 0.827. The van der Waals surface area contributed by atoms with Crippen LogP contribution in [0.25, 0.3) is 0 Å². The third-order valence-corrected chi connectivity index (χ3v) is 4.53. The molecule has 1 N–H and O–H groups in total. The minimum absolute atomic E-state index is 0.171. The maximum Gasteiger partial charge on any atom is 0.122 e. The van der Waals surface area contributed by atoms with Crippen LogP contribution < -0.4 is 4.74 Å².